The van der Waals surface area contributed by atoms with Crippen LogP contribution in [0.4, 0.5) is 8.78 Å². The number of rotatable bonds is 4. The van der Waals surface area contributed by atoms with E-state index >= 15 is 0 Å². The molecule has 26 heavy (non-hydrogen) atoms. The van der Waals surface area contributed by atoms with Gasteiger partial charge in [0, 0.05) is 7.05 Å². The van der Waals surface area contributed by atoms with Crippen LogP contribution in [0.15, 0.2) is 48.7 Å². The molecule has 3 rings (SSSR count). The van der Waals surface area contributed by atoms with Gasteiger partial charge in [-0.1, -0.05) is 18.2 Å². The second-order valence-electron chi connectivity index (χ2n) is 5.44. The van der Waals surface area contributed by atoms with E-state index in [1.807, 2.05) is 0 Å². The highest BCUT2D eigenvalue weighted by Crippen LogP contribution is 2.18. The van der Waals surface area contributed by atoms with E-state index in [1.54, 1.807) is 24.3 Å². The number of likely N-dealkylation sites (N-methyl/N-ethyl adjacent to an activating group) is 1. The van der Waals surface area contributed by atoms with Crippen molar-refractivity contribution in [3.63, 3.8) is 0 Å². The summed E-state index contributed by atoms with van der Waals surface area (Å²) in [5.41, 5.74) is 1.24. The SMILES string of the molecule is CNC(=O)C(NC(=O)c1cnc2ccccc2n1)c1ccc(F)c(F)c1. The van der Waals surface area contributed by atoms with Gasteiger partial charge in [0.25, 0.3) is 5.91 Å². The van der Waals surface area contributed by atoms with Crippen molar-refractivity contribution in [2.75, 3.05) is 7.05 Å². The van der Waals surface area contributed by atoms with Crippen LogP contribution in [0.25, 0.3) is 11.0 Å². The van der Waals surface area contributed by atoms with Crippen LogP contribution in [0.5, 0.6) is 0 Å². The summed E-state index contributed by atoms with van der Waals surface area (Å²) in [5, 5.41) is 4.85. The molecule has 0 saturated heterocycles. The predicted octanol–water partition coefficient (Wildman–Crippen LogP) is 2.13. The number of hydrogen-bond acceptors (Lipinski definition) is 4. The number of benzene rings is 2. The highest BCUT2D eigenvalue weighted by molar-refractivity contribution is 5.97. The van der Waals surface area contributed by atoms with Crippen LogP contribution >= 0.6 is 0 Å². The number of carbonyl (C=O) groups is 2. The van der Waals surface area contributed by atoms with Crippen LogP contribution in [-0.2, 0) is 4.79 Å². The van der Waals surface area contributed by atoms with Crippen LogP contribution in [0.1, 0.15) is 22.1 Å². The lowest BCUT2D eigenvalue weighted by Gasteiger charge is -2.17. The van der Waals surface area contributed by atoms with Crippen LogP contribution in [0.2, 0.25) is 0 Å². The van der Waals surface area contributed by atoms with E-state index in [0.717, 1.165) is 12.1 Å². The van der Waals surface area contributed by atoms with Gasteiger partial charge in [0.15, 0.2) is 11.6 Å². The Bertz CT molecular complexity index is 994. The zero-order valence-corrected chi connectivity index (χ0v) is 13.7. The third kappa shape index (κ3) is 3.49. The van der Waals surface area contributed by atoms with Crippen molar-refractivity contribution in [1.29, 1.82) is 0 Å². The molecule has 2 amide bonds. The third-order valence-corrected chi connectivity index (χ3v) is 3.74. The van der Waals surface area contributed by atoms with Crippen molar-refractivity contribution < 1.29 is 18.4 Å². The second-order valence-corrected chi connectivity index (χ2v) is 5.44. The molecule has 6 nitrogen and oxygen atoms in total. The van der Waals surface area contributed by atoms with Gasteiger partial charge < -0.3 is 10.6 Å². The lowest BCUT2D eigenvalue weighted by Crippen LogP contribution is -2.39. The largest absolute Gasteiger partial charge is 0.357 e. The number of nitrogens with one attached hydrogen (secondary N) is 2. The Morgan fingerprint density at radius 1 is 1.04 bits per heavy atom. The van der Waals surface area contributed by atoms with Gasteiger partial charge >= 0.3 is 0 Å². The molecule has 1 heterocycles. The fourth-order valence-corrected chi connectivity index (χ4v) is 2.41. The first-order valence-electron chi connectivity index (χ1n) is 7.69. The summed E-state index contributed by atoms with van der Waals surface area (Å²) in [5.74, 6) is -3.41. The standard InChI is InChI=1S/C18H14F2N4O2/c1-21-18(26)16(10-6-7-11(19)12(20)8-10)24-17(25)15-9-22-13-4-2-3-5-14(13)23-15/h2-9,16H,1H3,(H,21,26)(H,24,25). The smallest absolute Gasteiger partial charge is 0.272 e. The molecule has 0 aliphatic carbocycles. The maximum absolute atomic E-state index is 13.5. The Morgan fingerprint density at radius 2 is 1.77 bits per heavy atom. The minimum absolute atomic E-state index is 0.000173. The molecule has 1 unspecified atom stereocenters. The van der Waals surface area contributed by atoms with Crippen LogP contribution in [-0.4, -0.2) is 28.8 Å². The number of hydrogen-bond donors (Lipinski definition) is 2. The molecule has 1 aromatic heterocycles. The molecule has 0 aliphatic heterocycles. The van der Waals surface area contributed by atoms with Gasteiger partial charge in [0.05, 0.1) is 17.2 Å². The Morgan fingerprint density at radius 3 is 2.46 bits per heavy atom. The number of halogens is 2. The molecule has 132 valence electrons. The molecular weight excluding hydrogens is 342 g/mol. The first-order valence-corrected chi connectivity index (χ1v) is 7.69. The maximum atomic E-state index is 13.5. The number of amides is 2. The molecule has 0 spiro atoms. The molecule has 0 saturated carbocycles. The summed E-state index contributed by atoms with van der Waals surface area (Å²) in [6.07, 6.45) is 1.28. The van der Waals surface area contributed by atoms with Gasteiger partial charge in [-0.2, -0.15) is 0 Å². The monoisotopic (exact) mass is 356 g/mol. The zero-order chi connectivity index (χ0) is 18.7. The van der Waals surface area contributed by atoms with E-state index in [1.165, 1.54) is 19.3 Å². The summed E-state index contributed by atoms with van der Waals surface area (Å²) in [7, 11) is 1.37. The van der Waals surface area contributed by atoms with E-state index in [0.29, 0.717) is 11.0 Å². The van der Waals surface area contributed by atoms with Crippen molar-refractivity contribution in [3.05, 3.63) is 71.6 Å². The van der Waals surface area contributed by atoms with Crippen molar-refractivity contribution in [2.45, 2.75) is 6.04 Å². The fraction of sp³-hybridized carbons (Fsp3) is 0.111. The molecule has 0 aliphatic rings. The number of nitrogens with zero attached hydrogens (tertiary/aromatic N) is 2. The van der Waals surface area contributed by atoms with Crippen LogP contribution in [0, 0.1) is 11.6 Å². The Labute approximate surface area is 147 Å². The minimum atomic E-state index is -1.21. The van der Waals surface area contributed by atoms with Crippen molar-refractivity contribution in [3.8, 4) is 0 Å². The maximum Gasteiger partial charge on any atom is 0.272 e. The van der Waals surface area contributed by atoms with E-state index in [2.05, 4.69) is 20.6 Å². The number of carbonyl (C=O) groups excluding carboxylic acids is 2. The van der Waals surface area contributed by atoms with Gasteiger partial charge in [0.1, 0.15) is 11.7 Å². The molecule has 3 aromatic rings. The number of para-hydroxylation sites is 2. The van der Waals surface area contributed by atoms with E-state index in [9.17, 15) is 18.4 Å². The Hall–Kier alpha value is -3.42. The predicted molar refractivity (Wildman–Crippen MR) is 90.2 cm³/mol. The lowest BCUT2D eigenvalue weighted by molar-refractivity contribution is -0.122. The van der Waals surface area contributed by atoms with Crippen molar-refractivity contribution in [2.24, 2.45) is 0 Å². The number of fused-ring (bicyclic) bond motifs is 1. The van der Waals surface area contributed by atoms with Crippen LogP contribution in [0.3, 0.4) is 0 Å². The molecule has 2 N–H and O–H groups in total. The fourth-order valence-electron chi connectivity index (χ4n) is 2.41. The summed E-state index contributed by atoms with van der Waals surface area (Å²) in [6.45, 7) is 0. The van der Waals surface area contributed by atoms with Crippen LogP contribution < -0.4 is 10.6 Å². The number of aromatic nitrogens is 2. The van der Waals surface area contributed by atoms with E-state index < -0.39 is 29.5 Å². The van der Waals surface area contributed by atoms with Crippen molar-refractivity contribution >= 4 is 22.8 Å². The molecule has 8 heteroatoms. The quantitative estimate of drug-likeness (QED) is 0.750. The summed E-state index contributed by atoms with van der Waals surface area (Å²) in [4.78, 5) is 32.9. The van der Waals surface area contributed by atoms with Gasteiger partial charge in [-0.15, -0.1) is 0 Å². The third-order valence-electron chi connectivity index (χ3n) is 3.74. The Balaban J connectivity index is 1.91. The second kappa shape index (κ2) is 7.22. The molecule has 0 bridgehead atoms. The van der Waals surface area contributed by atoms with Gasteiger partial charge in [0.2, 0.25) is 5.91 Å². The molecular formula is C18H14F2N4O2. The van der Waals surface area contributed by atoms with E-state index in [4.69, 9.17) is 0 Å². The van der Waals surface area contributed by atoms with E-state index in [-0.39, 0.29) is 11.3 Å². The van der Waals surface area contributed by atoms with Crippen molar-refractivity contribution in [1.82, 2.24) is 20.6 Å². The first-order chi connectivity index (χ1) is 12.5. The normalized spacial score (nSPS) is 11.8. The van der Waals surface area contributed by atoms with Gasteiger partial charge in [-0.3, -0.25) is 14.6 Å². The molecule has 1 atom stereocenters. The molecule has 2 aromatic carbocycles. The minimum Gasteiger partial charge on any atom is -0.357 e. The summed E-state index contributed by atoms with van der Waals surface area (Å²) >= 11 is 0. The molecule has 0 fully saturated rings. The summed E-state index contributed by atoms with van der Waals surface area (Å²) < 4.78 is 26.6. The highest BCUT2D eigenvalue weighted by Gasteiger charge is 2.24. The lowest BCUT2D eigenvalue weighted by atomic mass is 10.1. The average molecular weight is 356 g/mol. The first kappa shape index (κ1) is 17.4. The van der Waals surface area contributed by atoms with Gasteiger partial charge in [-0.25, -0.2) is 13.8 Å². The average Bonchev–Trinajstić information content (AvgIpc) is 2.67. The zero-order valence-electron chi connectivity index (χ0n) is 13.7. The highest BCUT2D eigenvalue weighted by atomic mass is 19.2. The van der Waals surface area contributed by atoms with Gasteiger partial charge in [-0.05, 0) is 29.8 Å². The topological polar surface area (TPSA) is 84.0 Å². The Kier molecular flexibility index (Phi) is 4.83. The summed E-state index contributed by atoms with van der Waals surface area (Å²) in [6, 6.07) is 8.77. The molecule has 0 radical (unpaired) electrons.